The van der Waals surface area contributed by atoms with Crippen LogP contribution in [0, 0.1) is 0 Å². The molecule has 0 fully saturated rings. The fourth-order valence-electron chi connectivity index (χ4n) is 2.11. The van der Waals surface area contributed by atoms with Crippen molar-refractivity contribution in [2.45, 2.75) is 24.7 Å². The third-order valence-corrected chi connectivity index (χ3v) is 4.97. The van der Waals surface area contributed by atoms with Gasteiger partial charge in [-0.2, -0.15) is 0 Å². The molecule has 0 radical (unpaired) electrons. The molecule has 0 bridgehead atoms. The molecule has 0 saturated heterocycles. The Kier molecular flexibility index (Phi) is 3.71. The van der Waals surface area contributed by atoms with Crippen LogP contribution in [0.4, 0.5) is 0 Å². The lowest BCUT2D eigenvalue weighted by molar-refractivity contribution is -0.136. The average Bonchev–Trinajstić information content (AvgIpc) is 2.73. The second kappa shape index (κ2) is 5.16. The molecule has 0 aliphatic rings. The fraction of sp³-hybridized carbons (Fsp3) is 0.308. The van der Waals surface area contributed by atoms with Crippen LogP contribution >= 0.6 is 0 Å². The van der Waals surface area contributed by atoms with E-state index in [-0.39, 0.29) is 17.1 Å². The maximum Gasteiger partial charge on any atom is 0.303 e. The second-order valence-electron chi connectivity index (χ2n) is 4.54. The van der Waals surface area contributed by atoms with Crippen molar-refractivity contribution >= 4 is 26.7 Å². The summed E-state index contributed by atoms with van der Waals surface area (Å²) in [5.41, 5.74) is 1.42. The van der Waals surface area contributed by atoms with Gasteiger partial charge in [0.15, 0.2) is 9.84 Å². The topological polar surface area (TPSA) is 102 Å². The van der Waals surface area contributed by atoms with E-state index in [1.165, 1.54) is 10.7 Å². The SMILES string of the molecule is CCS(=O)(=O)c1ccc2c(c1)c(CCC(=O)O)cn2N. The van der Waals surface area contributed by atoms with Crippen molar-refractivity contribution in [3.8, 4) is 0 Å². The van der Waals surface area contributed by atoms with Crippen LogP contribution in [0.25, 0.3) is 10.9 Å². The highest BCUT2D eigenvalue weighted by Crippen LogP contribution is 2.25. The molecule has 3 N–H and O–H groups in total. The Hall–Kier alpha value is -2.02. The lowest BCUT2D eigenvalue weighted by atomic mass is 10.1. The molecule has 108 valence electrons. The molecule has 0 unspecified atom stereocenters. The summed E-state index contributed by atoms with van der Waals surface area (Å²) in [6.07, 6.45) is 1.92. The Balaban J connectivity index is 2.54. The van der Waals surface area contributed by atoms with E-state index in [1.54, 1.807) is 25.3 Å². The molecule has 0 aliphatic carbocycles. The largest absolute Gasteiger partial charge is 0.481 e. The summed E-state index contributed by atoms with van der Waals surface area (Å²) in [7, 11) is -3.29. The van der Waals surface area contributed by atoms with Crippen molar-refractivity contribution in [3.63, 3.8) is 0 Å². The van der Waals surface area contributed by atoms with E-state index in [0.717, 1.165) is 5.56 Å². The van der Waals surface area contributed by atoms with Gasteiger partial charge in [-0.1, -0.05) is 6.92 Å². The number of benzene rings is 1. The monoisotopic (exact) mass is 296 g/mol. The third kappa shape index (κ3) is 2.62. The predicted molar refractivity (Wildman–Crippen MR) is 75.8 cm³/mol. The number of hydrogen-bond donors (Lipinski definition) is 2. The number of sulfone groups is 1. The van der Waals surface area contributed by atoms with Gasteiger partial charge in [-0.3, -0.25) is 9.47 Å². The van der Waals surface area contributed by atoms with Crippen LogP contribution in [0.15, 0.2) is 29.3 Å². The van der Waals surface area contributed by atoms with Gasteiger partial charge >= 0.3 is 5.97 Å². The first-order valence-corrected chi connectivity index (χ1v) is 7.84. The molecule has 7 heteroatoms. The van der Waals surface area contributed by atoms with Crippen molar-refractivity contribution in [1.82, 2.24) is 4.68 Å². The van der Waals surface area contributed by atoms with Crippen LogP contribution in [0.5, 0.6) is 0 Å². The highest BCUT2D eigenvalue weighted by Gasteiger charge is 2.15. The van der Waals surface area contributed by atoms with Crippen LogP contribution in [0.2, 0.25) is 0 Å². The first-order valence-electron chi connectivity index (χ1n) is 6.18. The molecule has 0 saturated carbocycles. The summed E-state index contributed by atoms with van der Waals surface area (Å²) in [6.45, 7) is 1.58. The number of aromatic nitrogens is 1. The summed E-state index contributed by atoms with van der Waals surface area (Å²) in [5, 5.41) is 9.43. The van der Waals surface area contributed by atoms with Crippen molar-refractivity contribution in [2.75, 3.05) is 11.6 Å². The summed E-state index contributed by atoms with van der Waals surface area (Å²) in [6, 6.07) is 4.72. The van der Waals surface area contributed by atoms with E-state index >= 15 is 0 Å². The number of aryl methyl sites for hydroxylation is 1. The van der Waals surface area contributed by atoms with Gasteiger partial charge in [0.25, 0.3) is 0 Å². The van der Waals surface area contributed by atoms with E-state index in [2.05, 4.69) is 0 Å². The van der Waals surface area contributed by atoms with E-state index < -0.39 is 15.8 Å². The average molecular weight is 296 g/mol. The molecule has 1 aromatic heterocycles. The van der Waals surface area contributed by atoms with Gasteiger partial charge in [-0.05, 0) is 30.2 Å². The zero-order valence-corrected chi connectivity index (χ0v) is 11.9. The number of carboxylic acid groups (broad SMARTS) is 1. The molecule has 2 rings (SSSR count). The van der Waals surface area contributed by atoms with Gasteiger partial charge in [0.05, 0.1) is 16.2 Å². The Morgan fingerprint density at radius 1 is 1.40 bits per heavy atom. The van der Waals surface area contributed by atoms with Gasteiger partial charge in [-0.25, -0.2) is 8.42 Å². The number of aliphatic carboxylic acids is 1. The fourth-order valence-corrected chi connectivity index (χ4v) is 3.01. The van der Waals surface area contributed by atoms with Crippen molar-refractivity contribution in [2.24, 2.45) is 0 Å². The normalized spacial score (nSPS) is 11.8. The number of nitrogen functional groups attached to an aromatic ring is 1. The van der Waals surface area contributed by atoms with Crippen LogP contribution < -0.4 is 5.84 Å². The molecule has 1 heterocycles. The van der Waals surface area contributed by atoms with Crippen molar-refractivity contribution < 1.29 is 18.3 Å². The van der Waals surface area contributed by atoms with Gasteiger partial charge in [0.2, 0.25) is 0 Å². The smallest absolute Gasteiger partial charge is 0.303 e. The third-order valence-electron chi connectivity index (χ3n) is 3.23. The molecular formula is C13H16N2O4S. The molecule has 0 amide bonds. The molecule has 1 aromatic carbocycles. The minimum absolute atomic E-state index is 0.0201. The highest BCUT2D eigenvalue weighted by atomic mass is 32.2. The maximum absolute atomic E-state index is 11.9. The van der Waals surface area contributed by atoms with Crippen molar-refractivity contribution in [1.29, 1.82) is 0 Å². The molecule has 6 nitrogen and oxygen atoms in total. The summed E-state index contributed by atoms with van der Waals surface area (Å²) in [4.78, 5) is 10.9. The van der Waals surface area contributed by atoms with Gasteiger partial charge in [-0.15, -0.1) is 0 Å². The highest BCUT2D eigenvalue weighted by molar-refractivity contribution is 7.91. The Bertz CT molecular complexity index is 762. The number of hydrogen-bond acceptors (Lipinski definition) is 4. The lowest BCUT2D eigenvalue weighted by Gasteiger charge is -2.03. The number of rotatable bonds is 5. The molecule has 0 spiro atoms. The van der Waals surface area contributed by atoms with Gasteiger partial charge in [0.1, 0.15) is 0 Å². The maximum atomic E-state index is 11.9. The Labute approximate surface area is 116 Å². The first kappa shape index (κ1) is 14.4. The Morgan fingerprint density at radius 3 is 2.70 bits per heavy atom. The number of carboxylic acids is 1. The number of fused-ring (bicyclic) bond motifs is 1. The van der Waals surface area contributed by atoms with Crippen LogP contribution in [0.3, 0.4) is 0 Å². The zero-order valence-electron chi connectivity index (χ0n) is 11.0. The van der Waals surface area contributed by atoms with E-state index in [1.807, 2.05) is 0 Å². The summed E-state index contributed by atoms with van der Waals surface area (Å²) in [5.74, 6) is 4.91. The van der Waals surface area contributed by atoms with E-state index in [4.69, 9.17) is 10.9 Å². The second-order valence-corrected chi connectivity index (χ2v) is 6.82. The molecule has 0 atom stereocenters. The number of nitrogens with two attached hydrogens (primary N) is 1. The minimum atomic E-state index is -3.29. The van der Waals surface area contributed by atoms with Crippen LogP contribution in [-0.4, -0.2) is 29.9 Å². The summed E-state index contributed by atoms with van der Waals surface area (Å²) < 4.78 is 25.2. The lowest BCUT2D eigenvalue weighted by Crippen LogP contribution is -2.06. The first-order chi connectivity index (χ1) is 9.35. The van der Waals surface area contributed by atoms with Crippen LogP contribution in [0.1, 0.15) is 18.9 Å². The number of nitrogens with zero attached hydrogens (tertiary/aromatic N) is 1. The molecule has 2 aromatic rings. The predicted octanol–water partition coefficient (Wildman–Crippen LogP) is 1.17. The van der Waals surface area contributed by atoms with Gasteiger partial charge < -0.3 is 10.9 Å². The van der Waals surface area contributed by atoms with E-state index in [0.29, 0.717) is 17.3 Å². The Morgan fingerprint density at radius 2 is 2.10 bits per heavy atom. The molecule has 0 aliphatic heterocycles. The van der Waals surface area contributed by atoms with Crippen LogP contribution in [-0.2, 0) is 21.1 Å². The zero-order chi connectivity index (χ0) is 14.9. The molecular weight excluding hydrogens is 280 g/mol. The minimum Gasteiger partial charge on any atom is -0.481 e. The van der Waals surface area contributed by atoms with Crippen molar-refractivity contribution in [3.05, 3.63) is 30.0 Å². The van der Waals surface area contributed by atoms with Gasteiger partial charge in [0, 0.05) is 18.0 Å². The standard InChI is InChI=1S/C13H16N2O4S/c1-2-20(18,19)10-4-5-12-11(7-10)9(8-15(12)14)3-6-13(16)17/h4-5,7-8H,2-3,6,14H2,1H3,(H,16,17). The molecule has 20 heavy (non-hydrogen) atoms. The number of carbonyl (C=O) groups is 1. The summed E-state index contributed by atoms with van der Waals surface area (Å²) >= 11 is 0. The quantitative estimate of drug-likeness (QED) is 0.806. The van der Waals surface area contributed by atoms with E-state index in [9.17, 15) is 13.2 Å².